The van der Waals surface area contributed by atoms with Crippen LogP contribution < -0.4 is 9.84 Å². The van der Waals surface area contributed by atoms with Crippen LogP contribution in [-0.4, -0.2) is 12.6 Å². The molecule has 0 aliphatic heterocycles. The highest BCUT2D eigenvalue weighted by atomic mass is 16.5. The van der Waals surface area contributed by atoms with E-state index >= 15 is 0 Å². The van der Waals surface area contributed by atoms with Crippen LogP contribution in [0.4, 0.5) is 0 Å². The van der Waals surface area contributed by atoms with Crippen molar-refractivity contribution in [2.45, 2.75) is 32.6 Å². The summed E-state index contributed by atoms with van der Waals surface area (Å²) in [6, 6.07) is 11.9. The number of aliphatic carboxylic acids is 1. The molecule has 0 atom stereocenters. The number of aryl methyl sites for hydroxylation is 1. The molecule has 3 heteroatoms. The van der Waals surface area contributed by atoms with E-state index in [-0.39, 0.29) is 6.42 Å². The zero-order chi connectivity index (χ0) is 14.4. The first-order valence-electron chi connectivity index (χ1n) is 7.05. The lowest BCUT2D eigenvalue weighted by atomic mass is 10.00. The van der Waals surface area contributed by atoms with Crippen LogP contribution in [0.5, 0.6) is 5.75 Å². The Morgan fingerprint density at radius 3 is 2.75 bits per heavy atom. The first-order chi connectivity index (χ1) is 9.72. The van der Waals surface area contributed by atoms with Crippen LogP contribution in [0.15, 0.2) is 36.4 Å². The molecule has 0 unspecified atom stereocenters. The molecule has 0 radical (unpaired) electrons. The zero-order valence-electron chi connectivity index (χ0n) is 11.7. The Morgan fingerprint density at radius 2 is 2.00 bits per heavy atom. The molecule has 20 heavy (non-hydrogen) atoms. The van der Waals surface area contributed by atoms with Crippen LogP contribution in [0.25, 0.3) is 10.8 Å². The molecule has 0 fully saturated rings. The second-order valence-corrected chi connectivity index (χ2v) is 4.84. The summed E-state index contributed by atoms with van der Waals surface area (Å²) >= 11 is 0. The molecule has 2 aromatic rings. The van der Waals surface area contributed by atoms with Gasteiger partial charge >= 0.3 is 0 Å². The predicted octanol–water partition coefficient (Wildman–Crippen LogP) is 2.70. The minimum absolute atomic E-state index is 0.0120. The quantitative estimate of drug-likeness (QED) is 0.727. The van der Waals surface area contributed by atoms with Crippen molar-refractivity contribution in [2.24, 2.45) is 0 Å². The summed E-state index contributed by atoms with van der Waals surface area (Å²) in [5.74, 6) is -0.240. The second kappa shape index (κ2) is 6.94. The summed E-state index contributed by atoms with van der Waals surface area (Å²) in [5.41, 5.74) is 0.961. The summed E-state index contributed by atoms with van der Waals surface area (Å²) in [7, 11) is 0. The van der Waals surface area contributed by atoms with E-state index in [1.54, 1.807) is 0 Å². The maximum absolute atomic E-state index is 10.7. The molecule has 0 spiro atoms. The zero-order valence-corrected chi connectivity index (χ0v) is 11.7. The lowest BCUT2D eigenvalue weighted by molar-refractivity contribution is -0.305. The number of carboxylic acids is 1. The molecular formula is C17H19O3-. The lowest BCUT2D eigenvalue weighted by Gasteiger charge is -2.14. The van der Waals surface area contributed by atoms with Crippen molar-refractivity contribution < 1.29 is 14.6 Å². The van der Waals surface area contributed by atoms with Crippen molar-refractivity contribution in [3.8, 4) is 5.75 Å². The van der Waals surface area contributed by atoms with E-state index in [9.17, 15) is 9.90 Å². The van der Waals surface area contributed by atoms with E-state index in [0.29, 0.717) is 13.0 Å². The second-order valence-electron chi connectivity index (χ2n) is 4.84. The lowest BCUT2D eigenvalue weighted by Crippen LogP contribution is -2.22. The van der Waals surface area contributed by atoms with E-state index in [1.165, 1.54) is 0 Å². The van der Waals surface area contributed by atoms with Crippen molar-refractivity contribution in [3.63, 3.8) is 0 Å². The molecule has 0 amide bonds. The number of benzene rings is 2. The molecule has 0 N–H and O–H groups in total. The molecule has 0 bridgehead atoms. The van der Waals surface area contributed by atoms with Crippen LogP contribution in [0.3, 0.4) is 0 Å². The molecule has 0 saturated carbocycles. The van der Waals surface area contributed by atoms with Gasteiger partial charge < -0.3 is 14.6 Å². The molecular weight excluding hydrogens is 252 g/mol. The van der Waals surface area contributed by atoms with Gasteiger partial charge in [-0.05, 0) is 36.1 Å². The number of unbranched alkanes of at least 4 members (excludes halogenated alkanes) is 1. The van der Waals surface area contributed by atoms with E-state index in [0.717, 1.165) is 34.9 Å². The average Bonchev–Trinajstić information content (AvgIpc) is 2.45. The molecule has 0 aliphatic rings. The predicted molar refractivity (Wildman–Crippen MR) is 77.7 cm³/mol. The average molecular weight is 271 g/mol. The number of carbonyl (C=O) groups is 1. The van der Waals surface area contributed by atoms with Gasteiger partial charge in [0.1, 0.15) is 5.75 Å². The van der Waals surface area contributed by atoms with Gasteiger partial charge in [0.25, 0.3) is 0 Å². The van der Waals surface area contributed by atoms with Crippen molar-refractivity contribution in [2.75, 3.05) is 6.61 Å². The SMILES string of the molecule is CCCCOc1ccc2ccccc2c1CCC(=O)[O-]. The summed E-state index contributed by atoms with van der Waals surface area (Å²) in [5, 5.41) is 12.9. The largest absolute Gasteiger partial charge is 0.550 e. The van der Waals surface area contributed by atoms with E-state index in [4.69, 9.17) is 4.74 Å². The number of carbonyl (C=O) groups excluding carboxylic acids is 1. The fraction of sp³-hybridized carbons (Fsp3) is 0.353. The molecule has 2 rings (SSSR count). The Labute approximate surface area is 119 Å². The fourth-order valence-corrected chi connectivity index (χ4v) is 2.26. The van der Waals surface area contributed by atoms with Gasteiger partial charge in [-0.25, -0.2) is 0 Å². The monoisotopic (exact) mass is 271 g/mol. The van der Waals surface area contributed by atoms with E-state index in [1.807, 2.05) is 36.4 Å². The maximum atomic E-state index is 10.7. The van der Waals surface area contributed by atoms with Crippen LogP contribution in [0, 0.1) is 0 Å². The van der Waals surface area contributed by atoms with Crippen LogP contribution in [-0.2, 0) is 11.2 Å². The normalized spacial score (nSPS) is 10.7. The summed E-state index contributed by atoms with van der Waals surface area (Å²) < 4.78 is 5.80. The van der Waals surface area contributed by atoms with Crippen LogP contribution in [0.2, 0.25) is 0 Å². The smallest absolute Gasteiger partial charge is 0.123 e. The third kappa shape index (κ3) is 3.50. The first kappa shape index (κ1) is 14.4. The molecule has 0 aliphatic carbocycles. The summed E-state index contributed by atoms with van der Waals surface area (Å²) in [6.07, 6.45) is 2.51. The Hall–Kier alpha value is -2.03. The molecule has 106 valence electrons. The van der Waals surface area contributed by atoms with Crippen molar-refractivity contribution in [3.05, 3.63) is 42.0 Å². The highest BCUT2D eigenvalue weighted by Gasteiger charge is 2.08. The van der Waals surface area contributed by atoms with Crippen molar-refractivity contribution >= 4 is 16.7 Å². The van der Waals surface area contributed by atoms with Crippen molar-refractivity contribution in [1.82, 2.24) is 0 Å². The van der Waals surface area contributed by atoms with Gasteiger partial charge in [0, 0.05) is 11.5 Å². The number of hydrogen-bond acceptors (Lipinski definition) is 3. The van der Waals surface area contributed by atoms with E-state index < -0.39 is 5.97 Å². The number of carboxylic acid groups (broad SMARTS) is 1. The minimum atomic E-state index is -1.03. The van der Waals surface area contributed by atoms with Gasteiger partial charge in [-0.3, -0.25) is 0 Å². The molecule has 0 saturated heterocycles. The van der Waals surface area contributed by atoms with Gasteiger partial charge in [0.2, 0.25) is 0 Å². The Kier molecular flexibility index (Phi) is 4.99. The Bertz CT molecular complexity index is 590. The Balaban J connectivity index is 2.33. The Morgan fingerprint density at radius 1 is 1.20 bits per heavy atom. The van der Waals surface area contributed by atoms with Crippen molar-refractivity contribution in [1.29, 1.82) is 0 Å². The van der Waals surface area contributed by atoms with Crippen LogP contribution in [0.1, 0.15) is 31.7 Å². The van der Waals surface area contributed by atoms with E-state index in [2.05, 4.69) is 6.92 Å². The van der Waals surface area contributed by atoms with Crippen LogP contribution >= 0.6 is 0 Å². The third-order valence-electron chi connectivity index (χ3n) is 3.33. The van der Waals surface area contributed by atoms with Gasteiger partial charge in [-0.1, -0.05) is 43.7 Å². The third-order valence-corrected chi connectivity index (χ3v) is 3.33. The maximum Gasteiger partial charge on any atom is 0.123 e. The number of hydrogen-bond donors (Lipinski definition) is 0. The fourth-order valence-electron chi connectivity index (χ4n) is 2.26. The van der Waals surface area contributed by atoms with Gasteiger partial charge in [0.15, 0.2) is 0 Å². The number of ether oxygens (including phenoxy) is 1. The number of rotatable bonds is 7. The molecule has 0 aromatic heterocycles. The van der Waals surface area contributed by atoms with Gasteiger partial charge in [0.05, 0.1) is 6.61 Å². The highest BCUT2D eigenvalue weighted by Crippen LogP contribution is 2.29. The molecule has 0 heterocycles. The summed E-state index contributed by atoms with van der Waals surface area (Å²) in [6.45, 7) is 2.77. The minimum Gasteiger partial charge on any atom is -0.550 e. The first-order valence-corrected chi connectivity index (χ1v) is 7.05. The molecule has 2 aromatic carbocycles. The highest BCUT2D eigenvalue weighted by molar-refractivity contribution is 5.88. The standard InChI is InChI=1S/C17H20O3/c1-2-3-12-20-16-10-8-13-6-4-5-7-14(13)15(16)9-11-17(18)19/h4-8,10H,2-3,9,11-12H2,1H3,(H,18,19)/p-1. The van der Waals surface area contributed by atoms with Gasteiger partial charge in [-0.2, -0.15) is 0 Å². The molecule has 3 nitrogen and oxygen atoms in total. The topological polar surface area (TPSA) is 49.4 Å². The van der Waals surface area contributed by atoms with Gasteiger partial charge in [-0.15, -0.1) is 0 Å². The summed E-state index contributed by atoms with van der Waals surface area (Å²) in [4.78, 5) is 10.7. The number of fused-ring (bicyclic) bond motifs is 1.